The van der Waals surface area contributed by atoms with Crippen LogP contribution in [0.3, 0.4) is 0 Å². The summed E-state index contributed by atoms with van der Waals surface area (Å²) in [5, 5.41) is 3.39. The highest BCUT2D eigenvalue weighted by atomic mass is 35.5. The number of benzene rings is 2. The van der Waals surface area contributed by atoms with E-state index in [4.69, 9.17) is 16.3 Å². The van der Waals surface area contributed by atoms with Crippen LogP contribution in [0.1, 0.15) is 12.0 Å². The predicted octanol–water partition coefficient (Wildman–Crippen LogP) is 4.20. The van der Waals surface area contributed by atoms with Gasteiger partial charge in [-0.05, 0) is 42.8 Å². The fraction of sp³-hybridized carbons (Fsp3) is 0.188. The molecule has 0 saturated heterocycles. The molecule has 5 heteroatoms. The lowest BCUT2D eigenvalue weighted by atomic mass is 10.2. The number of carbonyl (C=O) groups excluding carboxylic acids is 1. The van der Waals surface area contributed by atoms with Crippen molar-refractivity contribution in [3.05, 3.63) is 58.9 Å². The summed E-state index contributed by atoms with van der Waals surface area (Å²) in [5.41, 5.74) is 1.58. The molecule has 0 fully saturated rings. The summed E-state index contributed by atoms with van der Waals surface area (Å²) >= 11 is 5.85. The predicted molar refractivity (Wildman–Crippen MR) is 81.3 cm³/mol. The molecular weight excluding hydrogens is 293 g/mol. The molecule has 0 atom stereocenters. The van der Waals surface area contributed by atoms with E-state index in [1.807, 2.05) is 6.92 Å². The Labute approximate surface area is 127 Å². The number of rotatable bonds is 5. The first-order valence-electron chi connectivity index (χ1n) is 6.49. The van der Waals surface area contributed by atoms with Crippen LogP contribution in [-0.2, 0) is 4.79 Å². The van der Waals surface area contributed by atoms with E-state index in [9.17, 15) is 9.18 Å². The lowest BCUT2D eigenvalue weighted by Crippen LogP contribution is -2.16. The summed E-state index contributed by atoms with van der Waals surface area (Å²) in [4.78, 5) is 11.8. The molecule has 2 rings (SSSR count). The quantitative estimate of drug-likeness (QED) is 0.899. The second-order valence-corrected chi connectivity index (χ2v) is 4.97. The average molecular weight is 308 g/mol. The van der Waals surface area contributed by atoms with Crippen LogP contribution in [0.5, 0.6) is 5.75 Å². The molecule has 0 bridgehead atoms. The number of halogens is 2. The molecule has 3 nitrogen and oxygen atoms in total. The number of hydrogen-bond acceptors (Lipinski definition) is 2. The number of ether oxygens (including phenoxy) is 1. The number of amides is 1. The van der Waals surface area contributed by atoms with E-state index in [0.717, 1.165) is 5.56 Å². The summed E-state index contributed by atoms with van der Waals surface area (Å²) < 4.78 is 18.6. The third-order valence-corrected chi connectivity index (χ3v) is 3.12. The molecule has 1 N–H and O–H groups in total. The molecule has 0 aliphatic rings. The van der Waals surface area contributed by atoms with E-state index < -0.39 is 5.82 Å². The Morgan fingerprint density at radius 3 is 2.76 bits per heavy atom. The number of nitrogens with one attached hydrogen (secondary N) is 1. The minimum absolute atomic E-state index is 0.111. The smallest absolute Gasteiger partial charge is 0.227 e. The maximum atomic E-state index is 13.3. The third kappa shape index (κ3) is 4.46. The molecule has 2 aromatic carbocycles. The molecule has 0 spiro atoms. The van der Waals surface area contributed by atoms with Crippen LogP contribution >= 0.6 is 11.6 Å². The highest BCUT2D eigenvalue weighted by Crippen LogP contribution is 2.20. The first kappa shape index (κ1) is 15.3. The van der Waals surface area contributed by atoms with Crippen LogP contribution < -0.4 is 10.1 Å². The summed E-state index contributed by atoms with van der Waals surface area (Å²) in [6.07, 6.45) is 0.135. The minimum atomic E-state index is -0.438. The van der Waals surface area contributed by atoms with E-state index in [0.29, 0.717) is 10.7 Å². The van der Waals surface area contributed by atoms with Crippen molar-refractivity contribution in [3.63, 3.8) is 0 Å². The van der Waals surface area contributed by atoms with Crippen molar-refractivity contribution in [1.29, 1.82) is 0 Å². The number of aryl methyl sites for hydroxylation is 1. The van der Waals surface area contributed by atoms with Crippen LogP contribution in [0.4, 0.5) is 10.1 Å². The topological polar surface area (TPSA) is 38.3 Å². The summed E-state index contributed by atoms with van der Waals surface area (Å²) in [5.74, 6) is -0.490. The second-order valence-electron chi connectivity index (χ2n) is 4.54. The van der Waals surface area contributed by atoms with Gasteiger partial charge >= 0.3 is 0 Å². The van der Waals surface area contributed by atoms with Gasteiger partial charge in [0.25, 0.3) is 0 Å². The maximum Gasteiger partial charge on any atom is 0.227 e. The Morgan fingerprint density at radius 2 is 2.05 bits per heavy atom. The SMILES string of the molecule is Cc1cc(Cl)ccc1NC(=O)CCOc1ccccc1F. The van der Waals surface area contributed by atoms with Gasteiger partial charge in [-0.25, -0.2) is 4.39 Å². The van der Waals surface area contributed by atoms with Crippen molar-refractivity contribution < 1.29 is 13.9 Å². The van der Waals surface area contributed by atoms with Crippen LogP contribution in [0.15, 0.2) is 42.5 Å². The fourth-order valence-electron chi connectivity index (χ4n) is 1.80. The molecule has 0 aliphatic heterocycles. The van der Waals surface area contributed by atoms with E-state index in [-0.39, 0.29) is 24.7 Å². The molecule has 2 aromatic rings. The van der Waals surface area contributed by atoms with Gasteiger partial charge in [-0.2, -0.15) is 0 Å². The van der Waals surface area contributed by atoms with Crippen LogP contribution in [0.25, 0.3) is 0 Å². The molecule has 0 heterocycles. The van der Waals surface area contributed by atoms with Gasteiger partial charge in [-0.3, -0.25) is 4.79 Å². The molecule has 0 saturated carbocycles. The van der Waals surface area contributed by atoms with Crippen molar-refractivity contribution >= 4 is 23.2 Å². The highest BCUT2D eigenvalue weighted by Gasteiger charge is 2.07. The number of anilines is 1. The van der Waals surface area contributed by atoms with Crippen molar-refractivity contribution in [2.75, 3.05) is 11.9 Å². The number of carbonyl (C=O) groups is 1. The van der Waals surface area contributed by atoms with E-state index in [2.05, 4.69) is 5.32 Å². The van der Waals surface area contributed by atoms with Gasteiger partial charge in [-0.15, -0.1) is 0 Å². The van der Waals surface area contributed by atoms with Gasteiger partial charge in [0.15, 0.2) is 11.6 Å². The first-order chi connectivity index (χ1) is 10.1. The van der Waals surface area contributed by atoms with Crippen LogP contribution in [0, 0.1) is 12.7 Å². The van der Waals surface area contributed by atoms with Gasteiger partial charge in [0.1, 0.15) is 0 Å². The summed E-state index contributed by atoms with van der Waals surface area (Å²) in [6.45, 7) is 1.97. The van der Waals surface area contributed by atoms with E-state index in [1.165, 1.54) is 12.1 Å². The third-order valence-electron chi connectivity index (χ3n) is 2.89. The number of para-hydroxylation sites is 1. The molecular formula is C16H15ClFNO2. The Kier molecular flexibility index (Phi) is 5.17. The molecule has 0 aromatic heterocycles. The number of hydrogen-bond donors (Lipinski definition) is 1. The molecule has 110 valence electrons. The van der Waals surface area contributed by atoms with Gasteiger partial charge < -0.3 is 10.1 Å². The Hall–Kier alpha value is -2.07. The van der Waals surface area contributed by atoms with E-state index >= 15 is 0 Å². The molecule has 1 amide bonds. The van der Waals surface area contributed by atoms with Crippen molar-refractivity contribution in [2.24, 2.45) is 0 Å². The van der Waals surface area contributed by atoms with Crippen LogP contribution in [0.2, 0.25) is 5.02 Å². The zero-order valence-electron chi connectivity index (χ0n) is 11.5. The largest absolute Gasteiger partial charge is 0.490 e. The summed E-state index contributed by atoms with van der Waals surface area (Å²) in [7, 11) is 0. The molecule has 0 aliphatic carbocycles. The molecule has 21 heavy (non-hydrogen) atoms. The minimum Gasteiger partial charge on any atom is -0.490 e. The fourth-order valence-corrected chi connectivity index (χ4v) is 2.02. The lowest BCUT2D eigenvalue weighted by Gasteiger charge is -2.10. The molecule has 0 radical (unpaired) electrons. The lowest BCUT2D eigenvalue weighted by molar-refractivity contribution is -0.116. The molecule has 0 unspecified atom stereocenters. The Bertz CT molecular complexity index is 646. The van der Waals surface area contributed by atoms with Crippen molar-refractivity contribution in [2.45, 2.75) is 13.3 Å². The second kappa shape index (κ2) is 7.09. The Balaban J connectivity index is 1.84. The average Bonchev–Trinajstić information content (AvgIpc) is 2.44. The van der Waals surface area contributed by atoms with Gasteiger partial charge in [0.2, 0.25) is 5.91 Å². The van der Waals surface area contributed by atoms with Gasteiger partial charge in [-0.1, -0.05) is 23.7 Å². The zero-order valence-corrected chi connectivity index (χ0v) is 12.3. The van der Waals surface area contributed by atoms with Gasteiger partial charge in [0, 0.05) is 10.7 Å². The Morgan fingerprint density at radius 1 is 1.29 bits per heavy atom. The van der Waals surface area contributed by atoms with Crippen LogP contribution in [-0.4, -0.2) is 12.5 Å². The van der Waals surface area contributed by atoms with Gasteiger partial charge in [0.05, 0.1) is 13.0 Å². The normalized spacial score (nSPS) is 10.2. The maximum absolute atomic E-state index is 13.3. The highest BCUT2D eigenvalue weighted by molar-refractivity contribution is 6.30. The standard InChI is InChI=1S/C16H15ClFNO2/c1-11-10-12(17)6-7-14(11)19-16(20)8-9-21-15-5-3-2-4-13(15)18/h2-7,10H,8-9H2,1H3,(H,19,20). The monoisotopic (exact) mass is 307 g/mol. The van der Waals surface area contributed by atoms with Crippen molar-refractivity contribution in [1.82, 2.24) is 0 Å². The van der Waals surface area contributed by atoms with E-state index in [1.54, 1.807) is 30.3 Å². The van der Waals surface area contributed by atoms with Crippen molar-refractivity contribution in [3.8, 4) is 5.75 Å². The summed E-state index contributed by atoms with van der Waals surface area (Å²) in [6, 6.07) is 11.3. The zero-order chi connectivity index (χ0) is 15.2. The first-order valence-corrected chi connectivity index (χ1v) is 6.87.